The van der Waals surface area contributed by atoms with Crippen molar-refractivity contribution < 1.29 is 9.53 Å². The van der Waals surface area contributed by atoms with Crippen LogP contribution in [-0.2, 0) is 26.0 Å². The topological polar surface area (TPSA) is 50.7 Å². The smallest absolute Gasteiger partial charge is 0.254 e. The lowest BCUT2D eigenvalue weighted by molar-refractivity contribution is 0.0951. The number of aliphatic imine (C=N–C) groups is 1. The zero-order valence-electron chi connectivity index (χ0n) is 19.6. The Bertz CT molecular complexity index is 1300. The molecular weight excluding hydrogens is 452 g/mol. The minimum absolute atomic E-state index is 0.0370. The van der Waals surface area contributed by atoms with Crippen LogP contribution in [0.5, 0.6) is 5.75 Å². The van der Waals surface area contributed by atoms with Crippen LogP contribution in [0.1, 0.15) is 50.3 Å². The molecule has 1 aliphatic rings. The number of amides is 1. The summed E-state index contributed by atoms with van der Waals surface area (Å²) < 4.78 is 5.88. The van der Waals surface area contributed by atoms with Gasteiger partial charge in [0.25, 0.3) is 5.91 Å². The molecule has 4 nitrogen and oxygen atoms in total. The van der Waals surface area contributed by atoms with E-state index in [1.807, 2.05) is 79.0 Å². The van der Waals surface area contributed by atoms with Crippen LogP contribution in [0.2, 0.25) is 0 Å². The standard InChI is InChI=1S/C30H28N2O2S/c33-29(31-19-22-9-3-1-4-10-22)28-26-13-7-8-14-27(26)35-30(28)32-20-23-15-17-25(18-16-23)34-21-24-11-5-2-6-12-24/h1-6,9-12,15-18,20H,7-8,13-14,19,21H2,(H,31,33)/b32-20-. The molecule has 1 N–H and O–H groups in total. The highest BCUT2D eigenvalue weighted by Crippen LogP contribution is 2.39. The molecule has 35 heavy (non-hydrogen) atoms. The van der Waals surface area contributed by atoms with Crippen molar-refractivity contribution in [1.29, 1.82) is 0 Å². The minimum atomic E-state index is -0.0370. The monoisotopic (exact) mass is 480 g/mol. The average molecular weight is 481 g/mol. The van der Waals surface area contributed by atoms with E-state index < -0.39 is 0 Å². The number of benzene rings is 3. The highest BCUT2D eigenvalue weighted by molar-refractivity contribution is 7.16. The number of rotatable bonds is 8. The van der Waals surface area contributed by atoms with E-state index in [0.29, 0.717) is 13.2 Å². The van der Waals surface area contributed by atoms with E-state index in [0.717, 1.165) is 52.3 Å². The van der Waals surface area contributed by atoms with Gasteiger partial charge in [-0.1, -0.05) is 60.7 Å². The Morgan fingerprint density at radius 1 is 0.886 bits per heavy atom. The lowest BCUT2D eigenvalue weighted by atomic mass is 9.95. The van der Waals surface area contributed by atoms with Crippen molar-refractivity contribution in [2.45, 2.75) is 38.8 Å². The zero-order chi connectivity index (χ0) is 23.9. The van der Waals surface area contributed by atoms with Gasteiger partial charge in [-0.25, -0.2) is 4.99 Å². The molecule has 4 aromatic rings. The molecule has 1 heterocycles. The van der Waals surface area contributed by atoms with Crippen LogP contribution in [0.3, 0.4) is 0 Å². The third-order valence-corrected chi connectivity index (χ3v) is 7.33. The molecule has 0 fully saturated rings. The Hall–Kier alpha value is -3.70. The van der Waals surface area contributed by atoms with E-state index >= 15 is 0 Å². The van der Waals surface area contributed by atoms with Crippen molar-refractivity contribution in [2.75, 3.05) is 0 Å². The van der Waals surface area contributed by atoms with Crippen molar-refractivity contribution in [3.8, 4) is 5.75 Å². The van der Waals surface area contributed by atoms with Gasteiger partial charge in [-0.3, -0.25) is 4.79 Å². The van der Waals surface area contributed by atoms with Crippen LogP contribution in [0.25, 0.3) is 0 Å². The van der Waals surface area contributed by atoms with Crippen molar-refractivity contribution in [3.63, 3.8) is 0 Å². The van der Waals surface area contributed by atoms with Gasteiger partial charge in [-0.2, -0.15) is 0 Å². The van der Waals surface area contributed by atoms with E-state index in [9.17, 15) is 4.79 Å². The van der Waals surface area contributed by atoms with Crippen LogP contribution >= 0.6 is 11.3 Å². The van der Waals surface area contributed by atoms with Crippen LogP contribution < -0.4 is 10.1 Å². The first-order chi connectivity index (χ1) is 17.3. The molecule has 176 valence electrons. The van der Waals surface area contributed by atoms with Crippen LogP contribution in [0, 0.1) is 0 Å². The van der Waals surface area contributed by atoms with Gasteiger partial charge in [-0.15, -0.1) is 11.3 Å². The second-order valence-corrected chi connectivity index (χ2v) is 9.74. The first-order valence-electron chi connectivity index (χ1n) is 12.0. The van der Waals surface area contributed by atoms with Gasteiger partial charge in [0.15, 0.2) is 0 Å². The number of carbonyl (C=O) groups is 1. The van der Waals surface area contributed by atoms with Gasteiger partial charge in [0.05, 0.1) is 5.56 Å². The van der Waals surface area contributed by atoms with Crippen molar-refractivity contribution in [1.82, 2.24) is 5.32 Å². The molecule has 0 bridgehead atoms. The summed E-state index contributed by atoms with van der Waals surface area (Å²) in [6.07, 6.45) is 6.11. The molecule has 5 rings (SSSR count). The van der Waals surface area contributed by atoms with Crippen LogP contribution in [-0.4, -0.2) is 12.1 Å². The largest absolute Gasteiger partial charge is 0.489 e. The summed E-state index contributed by atoms with van der Waals surface area (Å²) in [5.74, 6) is 0.781. The number of hydrogen-bond acceptors (Lipinski definition) is 4. The van der Waals surface area contributed by atoms with Gasteiger partial charge < -0.3 is 10.1 Å². The number of fused-ring (bicyclic) bond motifs is 1. The number of thiophene rings is 1. The molecule has 0 saturated carbocycles. The highest BCUT2D eigenvalue weighted by Gasteiger charge is 2.25. The molecular formula is C30H28N2O2S. The second-order valence-electron chi connectivity index (χ2n) is 8.66. The Labute approximate surface area is 210 Å². The van der Waals surface area contributed by atoms with Gasteiger partial charge in [0.1, 0.15) is 17.4 Å². The van der Waals surface area contributed by atoms with E-state index in [-0.39, 0.29) is 5.91 Å². The number of hydrogen-bond donors (Lipinski definition) is 1. The lowest BCUT2D eigenvalue weighted by Gasteiger charge is -2.12. The van der Waals surface area contributed by atoms with E-state index in [1.165, 1.54) is 16.9 Å². The summed E-state index contributed by atoms with van der Waals surface area (Å²) in [4.78, 5) is 19.3. The zero-order valence-corrected chi connectivity index (χ0v) is 20.4. The van der Waals surface area contributed by atoms with E-state index in [1.54, 1.807) is 11.3 Å². The summed E-state index contributed by atoms with van der Waals surface area (Å²) in [5, 5.41) is 3.90. The number of carbonyl (C=O) groups excluding carboxylic acids is 1. The molecule has 0 aliphatic heterocycles. The summed E-state index contributed by atoms with van der Waals surface area (Å²) in [6, 6.07) is 28.0. The fourth-order valence-corrected chi connectivity index (χ4v) is 5.50. The molecule has 0 unspecified atom stereocenters. The van der Waals surface area contributed by atoms with Crippen molar-refractivity contribution >= 4 is 28.5 Å². The summed E-state index contributed by atoms with van der Waals surface area (Å²) >= 11 is 1.66. The first kappa shape index (κ1) is 23.1. The third-order valence-electron chi connectivity index (χ3n) is 6.13. The first-order valence-corrected chi connectivity index (χ1v) is 12.9. The Balaban J connectivity index is 1.29. The average Bonchev–Trinajstić information content (AvgIpc) is 3.30. The van der Waals surface area contributed by atoms with Crippen LogP contribution in [0.15, 0.2) is 89.9 Å². The molecule has 0 saturated heterocycles. The maximum absolute atomic E-state index is 13.2. The summed E-state index contributed by atoms with van der Waals surface area (Å²) in [6.45, 7) is 1.05. The minimum Gasteiger partial charge on any atom is -0.489 e. The van der Waals surface area contributed by atoms with Gasteiger partial charge >= 0.3 is 0 Å². The number of aryl methyl sites for hydroxylation is 1. The molecule has 1 aromatic heterocycles. The SMILES string of the molecule is O=C(NCc1ccccc1)c1c(/N=C\c2ccc(OCc3ccccc3)cc2)sc2c1CCCC2. The molecule has 0 atom stereocenters. The quantitative estimate of drug-likeness (QED) is 0.279. The number of nitrogens with zero attached hydrogens (tertiary/aromatic N) is 1. The number of nitrogens with one attached hydrogen (secondary N) is 1. The van der Waals surface area contributed by atoms with Gasteiger partial charge in [0, 0.05) is 17.6 Å². The van der Waals surface area contributed by atoms with E-state index in [4.69, 9.17) is 9.73 Å². The summed E-state index contributed by atoms with van der Waals surface area (Å²) in [5.41, 5.74) is 5.13. The third kappa shape index (κ3) is 5.87. The van der Waals surface area contributed by atoms with Gasteiger partial charge in [0.2, 0.25) is 0 Å². The highest BCUT2D eigenvalue weighted by atomic mass is 32.1. The molecule has 0 radical (unpaired) electrons. The fraction of sp³-hybridized carbons (Fsp3) is 0.200. The normalized spacial score (nSPS) is 12.9. The summed E-state index contributed by atoms with van der Waals surface area (Å²) in [7, 11) is 0. The maximum atomic E-state index is 13.2. The second kappa shape index (κ2) is 11.2. The van der Waals surface area contributed by atoms with Gasteiger partial charge in [-0.05, 0) is 72.2 Å². The Morgan fingerprint density at radius 2 is 1.57 bits per heavy atom. The van der Waals surface area contributed by atoms with Crippen LogP contribution in [0.4, 0.5) is 5.00 Å². The fourth-order valence-electron chi connectivity index (χ4n) is 4.27. The van der Waals surface area contributed by atoms with Crippen molar-refractivity contribution in [2.24, 2.45) is 4.99 Å². The molecule has 3 aromatic carbocycles. The molecule has 1 aliphatic carbocycles. The molecule has 1 amide bonds. The Kier molecular flexibility index (Phi) is 7.35. The Morgan fingerprint density at radius 3 is 2.31 bits per heavy atom. The molecule has 0 spiro atoms. The van der Waals surface area contributed by atoms with Crippen molar-refractivity contribution in [3.05, 3.63) is 118 Å². The van der Waals surface area contributed by atoms with E-state index in [2.05, 4.69) is 17.4 Å². The molecule has 5 heteroatoms. The predicted molar refractivity (Wildman–Crippen MR) is 143 cm³/mol. The lowest BCUT2D eigenvalue weighted by Crippen LogP contribution is -2.24. The maximum Gasteiger partial charge on any atom is 0.254 e. The number of ether oxygens (including phenoxy) is 1. The predicted octanol–water partition coefficient (Wildman–Crippen LogP) is 6.89.